The number of aromatic nitrogens is 1. The summed E-state index contributed by atoms with van der Waals surface area (Å²) < 4.78 is 0. The van der Waals surface area contributed by atoms with Gasteiger partial charge in [-0.1, -0.05) is 15.9 Å². The Labute approximate surface area is 80.1 Å². The van der Waals surface area contributed by atoms with E-state index in [0.29, 0.717) is 5.69 Å². The van der Waals surface area contributed by atoms with E-state index in [1.54, 1.807) is 19.2 Å². The molecule has 1 aromatic heterocycles. The summed E-state index contributed by atoms with van der Waals surface area (Å²) in [7, 11) is 0. The van der Waals surface area contributed by atoms with Crippen molar-refractivity contribution >= 4 is 21.7 Å². The van der Waals surface area contributed by atoms with Crippen molar-refractivity contribution < 1.29 is 4.79 Å². The van der Waals surface area contributed by atoms with Crippen LogP contribution in [0.1, 0.15) is 23.0 Å². The van der Waals surface area contributed by atoms with Gasteiger partial charge < -0.3 is 0 Å². The molecule has 12 heavy (non-hydrogen) atoms. The molecule has 0 amide bonds. The van der Waals surface area contributed by atoms with Crippen molar-refractivity contribution in [1.82, 2.24) is 4.98 Å². The van der Waals surface area contributed by atoms with E-state index < -0.39 is 0 Å². The average molecular weight is 228 g/mol. The van der Waals surface area contributed by atoms with Crippen molar-refractivity contribution in [3.05, 3.63) is 29.6 Å². The number of rotatable bonds is 2. The number of carbonyl (C=O) groups is 1. The van der Waals surface area contributed by atoms with Crippen LogP contribution in [0.5, 0.6) is 0 Å². The SMILES string of the molecule is Cc1ccnc(C(=O)C(C)Br)c1. The highest BCUT2D eigenvalue weighted by molar-refractivity contribution is 9.10. The fourth-order valence-electron chi connectivity index (χ4n) is 0.875. The molecule has 64 valence electrons. The lowest BCUT2D eigenvalue weighted by molar-refractivity contribution is 0.0991. The van der Waals surface area contributed by atoms with Crippen LogP contribution in [0.2, 0.25) is 0 Å². The number of ketones is 1. The summed E-state index contributed by atoms with van der Waals surface area (Å²) in [5.41, 5.74) is 1.58. The van der Waals surface area contributed by atoms with Crippen LogP contribution in [0.25, 0.3) is 0 Å². The fraction of sp³-hybridized carbons (Fsp3) is 0.333. The van der Waals surface area contributed by atoms with Crippen LogP contribution in [0.4, 0.5) is 0 Å². The lowest BCUT2D eigenvalue weighted by atomic mass is 10.2. The third-order valence-corrected chi connectivity index (χ3v) is 1.95. The maximum Gasteiger partial charge on any atom is 0.194 e. The summed E-state index contributed by atoms with van der Waals surface area (Å²) in [5.74, 6) is 0.0266. The second-order valence-corrected chi connectivity index (χ2v) is 4.07. The van der Waals surface area contributed by atoms with E-state index >= 15 is 0 Å². The summed E-state index contributed by atoms with van der Waals surface area (Å²) >= 11 is 3.21. The maximum atomic E-state index is 11.4. The third-order valence-electron chi connectivity index (χ3n) is 1.53. The van der Waals surface area contributed by atoms with Crippen LogP contribution in [-0.4, -0.2) is 15.6 Å². The highest BCUT2D eigenvalue weighted by Gasteiger charge is 2.12. The number of Topliss-reactive ketones (excluding diaryl/α,β-unsaturated/α-hetero) is 1. The van der Waals surface area contributed by atoms with Crippen molar-refractivity contribution in [2.24, 2.45) is 0 Å². The summed E-state index contributed by atoms with van der Waals surface area (Å²) in [6.07, 6.45) is 1.65. The molecule has 0 saturated carbocycles. The topological polar surface area (TPSA) is 30.0 Å². The normalized spacial score (nSPS) is 12.6. The minimum absolute atomic E-state index is 0.0266. The molecule has 1 unspecified atom stereocenters. The van der Waals surface area contributed by atoms with Gasteiger partial charge in [-0.15, -0.1) is 0 Å². The van der Waals surface area contributed by atoms with Gasteiger partial charge >= 0.3 is 0 Å². The van der Waals surface area contributed by atoms with E-state index in [0.717, 1.165) is 5.56 Å². The lowest BCUT2D eigenvalue weighted by Crippen LogP contribution is -2.11. The van der Waals surface area contributed by atoms with Crippen LogP contribution in [0.3, 0.4) is 0 Å². The van der Waals surface area contributed by atoms with Crippen molar-refractivity contribution in [3.8, 4) is 0 Å². The summed E-state index contributed by atoms with van der Waals surface area (Å²) in [5, 5.41) is 0. The van der Waals surface area contributed by atoms with Gasteiger partial charge in [0.15, 0.2) is 5.78 Å². The third kappa shape index (κ3) is 2.14. The maximum absolute atomic E-state index is 11.4. The molecular formula is C9H10BrNO. The van der Waals surface area contributed by atoms with E-state index in [4.69, 9.17) is 0 Å². The summed E-state index contributed by atoms with van der Waals surface area (Å²) in [6, 6.07) is 3.66. The van der Waals surface area contributed by atoms with Crippen LogP contribution >= 0.6 is 15.9 Å². The van der Waals surface area contributed by atoms with Crippen molar-refractivity contribution in [3.63, 3.8) is 0 Å². The first-order chi connectivity index (χ1) is 5.61. The molecule has 1 atom stereocenters. The van der Waals surface area contributed by atoms with Crippen molar-refractivity contribution in [1.29, 1.82) is 0 Å². The Hall–Kier alpha value is -0.700. The first-order valence-electron chi connectivity index (χ1n) is 3.72. The van der Waals surface area contributed by atoms with E-state index in [-0.39, 0.29) is 10.6 Å². The van der Waals surface area contributed by atoms with Gasteiger partial charge in [0.25, 0.3) is 0 Å². The predicted molar refractivity (Wildman–Crippen MR) is 51.7 cm³/mol. The van der Waals surface area contributed by atoms with Gasteiger partial charge in [0, 0.05) is 6.20 Å². The lowest BCUT2D eigenvalue weighted by Gasteiger charge is -2.01. The van der Waals surface area contributed by atoms with Gasteiger partial charge in [-0.2, -0.15) is 0 Å². The molecule has 3 heteroatoms. The van der Waals surface area contributed by atoms with E-state index in [2.05, 4.69) is 20.9 Å². The number of pyridine rings is 1. The second-order valence-electron chi connectivity index (χ2n) is 2.70. The summed E-state index contributed by atoms with van der Waals surface area (Å²) in [4.78, 5) is 15.2. The number of alkyl halides is 1. The molecule has 0 aliphatic rings. The molecule has 0 radical (unpaired) electrons. The van der Waals surface area contributed by atoms with E-state index in [1.807, 2.05) is 13.0 Å². The smallest absolute Gasteiger partial charge is 0.194 e. The van der Waals surface area contributed by atoms with Gasteiger partial charge in [-0.3, -0.25) is 9.78 Å². The average Bonchev–Trinajstić information content (AvgIpc) is 2.03. The highest BCUT2D eigenvalue weighted by atomic mass is 79.9. The standard InChI is InChI=1S/C9H10BrNO/c1-6-3-4-11-8(5-6)9(12)7(2)10/h3-5,7H,1-2H3. The molecule has 0 bridgehead atoms. The minimum atomic E-state index is -0.160. The zero-order chi connectivity index (χ0) is 9.14. The van der Waals surface area contributed by atoms with E-state index in [1.165, 1.54) is 0 Å². The number of aryl methyl sites for hydroxylation is 1. The Balaban J connectivity index is 2.96. The Bertz CT molecular complexity index is 296. The predicted octanol–water partition coefficient (Wildman–Crippen LogP) is 2.36. The molecule has 1 heterocycles. The molecule has 0 aromatic carbocycles. The number of hydrogen-bond donors (Lipinski definition) is 0. The van der Waals surface area contributed by atoms with Crippen molar-refractivity contribution in [2.45, 2.75) is 18.7 Å². The van der Waals surface area contributed by atoms with Gasteiger partial charge in [0.05, 0.1) is 4.83 Å². The number of nitrogens with zero attached hydrogens (tertiary/aromatic N) is 1. The Morgan fingerprint density at radius 3 is 2.83 bits per heavy atom. The van der Waals surface area contributed by atoms with Crippen molar-refractivity contribution in [2.75, 3.05) is 0 Å². The Morgan fingerprint density at radius 2 is 2.33 bits per heavy atom. The second kappa shape index (κ2) is 3.81. The Kier molecular flexibility index (Phi) is 2.98. The molecule has 0 aliphatic carbocycles. The van der Waals surface area contributed by atoms with Crippen LogP contribution in [0.15, 0.2) is 18.3 Å². The molecule has 0 fully saturated rings. The molecule has 0 N–H and O–H groups in total. The quantitative estimate of drug-likeness (QED) is 0.574. The largest absolute Gasteiger partial charge is 0.291 e. The molecule has 0 aliphatic heterocycles. The summed E-state index contributed by atoms with van der Waals surface area (Å²) in [6.45, 7) is 3.74. The molecule has 2 nitrogen and oxygen atoms in total. The molecule has 0 saturated heterocycles. The van der Waals surface area contributed by atoms with Gasteiger partial charge in [-0.25, -0.2) is 0 Å². The first-order valence-corrected chi connectivity index (χ1v) is 4.64. The molecule has 1 rings (SSSR count). The number of carbonyl (C=O) groups excluding carboxylic acids is 1. The number of hydrogen-bond acceptors (Lipinski definition) is 2. The zero-order valence-corrected chi connectivity index (χ0v) is 8.63. The van der Waals surface area contributed by atoms with Crippen LogP contribution in [0, 0.1) is 6.92 Å². The first kappa shape index (κ1) is 9.39. The minimum Gasteiger partial charge on any atom is -0.291 e. The van der Waals surface area contributed by atoms with Crippen LogP contribution < -0.4 is 0 Å². The van der Waals surface area contributed by atoms with Gasteiger partial charge in [-0.05, 0) is 31.5 Å². The van der Waals surface area contributed by atoms with Gasteiger partial charge in [0.2, 0.25) is 0 Å². The zero-order valence-electron chi connectivity index (χ0n) is 7.04. The molecular weight excluding hydrogens is 218 g/mol. The molecule has 1 aromatic rings. The molecule has 0 spiro atoms. The van der Waals surface area contributed by atoms with Gasteiger partial charge in [0.1, 0.15) is 5.69 Å². The number of halogens is 1. The fourth-order valence-corrected chi connectivity index (χ4v) is 1.11. The van der Waals surface area contributed by atoms with E-state index in [9.17, 15) is 4.79 Å². The monoisotopic (exact) mass is 227 g/mol. The Morgan fingerprint density at radius 1 is 1.67 bits per heavy atom. The highest BCUT2D eigenvalue weighted by Crippen LogP contribution is 2.08. The van der Waals surface area contributed by atoms with Crippen LogP contribution in [-0.2, 0) is 0 Å².